The highest BCUT2D eigenvalue weighted by atomic mass is 32.1. The van der Waals surface area contributed by atoms with Crippen LogP contribution in [-0.4, -0.2) is 52.9 Å². The van der Waals surface area contributed by atoms with Crippen molar-refractivity contribution in [2.45, 2.75) is 19.0 Å². The molecule has 3 rings (SSSR count). The number of nitrogens with two attached hydrogens (primary N) is 2. The Morgan fingerprint density at radius 2 is 2.34 bits per heavy atom. The first kappa shape index (κ1) is 20.1. The maximum Gasteiger partial charge on any atom is 0.276 e. The van der Waals surface area contributed by atoms with Crippen LogP contribution in [0.25, 0.3) is 0 Å². The molecule has 13 heteroatoms. The number of nitrogens with zero attached hydrogens (tertiary/aromatic N) is 3. The van der Waals surface area contributed by atoms with E-state index in [1.54, 1.807) is 5.38 Å². The van der Waals surface area contributed by atoms with Crippen LogP contribution in [0.1, 0.15) is 18.4 Å². The van der Waals surface area contributed by atoms with Crippen LogP contribution < -0.4 is 26.8 Å². The Labute approximate surface area is 169 Å². The molecule has 0 radical (unpaired) electrons. The van der Waals surface area contributed by atoms with Gasteiger partial charge in [-0.05, 0) is 12.1 Å². The number of carbonyl (C=O) groups excluding carboxylic acids is 1. The van der Waals surface area contributed by atoms with Crippen molar-refractivity contribution in [3.63, 3.8) is 0 Å². The molecule has 0 spiro atoms. The van der Waals surface area contributed by atoms with E-state index in [1.165, 1.54) is 17.4 Å². The Bertz CT molecular complexity index is 952. The number of carbonyl (C=O) groups is 1. The van der Waals surface area contributed by atoms with Gasteiger partial charge in [-0.15, -0.1) is 11.3 Å². The molecule has 0 bridgehead atoms. The largest absolute Gasteiger partial charge is 0.472 e. The molecular formula is C16H20N8O4S. The van der Waals surface area contributed by atoms with E-state index in [9.17, 15) is 4.79 Å². The van der Waals surface area contributed by atoms with Gasteiger partial charge in [0.1, 0.15) is 12.3 Å². The summed E-state index contributed by atoms with van der Waals surface area (Å²) in [6, 6.07) is 1.22. The van der Waals surface area contributed by atoms with E-state index < -0.39 is 5.91 Å². The highest BCUT2D eigenvalue weighted by Gasteiger charge is 2.33. The molecule has 2 aromatic rings. The van der Waals surface area contributed by atoms with Crippen molar-refractivity contribution in [2.24, 2.45) is 10.9 Å². The number of amidine groups is 1. The van der Waals surface area contributed by atoms with Gasteiger partial charge in [0.15, 0.2) is 23.3 Å². The van der Waals surface area contributed by atoms with Crippen LogP contribution in [0.3, 0.4) is 0 Å². The molecule has 7 N–H and O–H groups in total. The van der Waals surface area contributed by atoms with Gasteiger partial charge in [0.2, 0.25) is 5.76 Å². The van der Waals surface area contributed by atoms with E-state index in [1.807, 2.05) is 6.92 Å². The number of hydrogen-bond acceptors (Lipinski definition) is 11. The standard InChI is InChI=1S/C16H20N8O4S/c1-7-12(8(2)20-7)22-15(25)13(9-6-29-16(19)21-9)24-27-4-3-26-11-5-10(14(17)18)28-23-11/h5-6,8,12,20H,1,3-4H2,2H3,(H3,17,18)(H2,19,21)(H,22,25)/b24-13-/t8-,12+/m0/s1. The molecule has 0 saturated carbocycles. The average Bonchev–Trinajstić information content (AvgIpc) is 3.32. The van der Waals surface area contributed by atoms with E-state index in [4.69, 9.17) is 31.0 Å². The third-order valence-corrected chi connectivity index (χ3v) is 4.56. The first-order chi connectivity index (χ1) is 13.8. The van der Waals surface area contributed by atoms with Gasteiger partial charge in [0.05, 0.1) is 12.1 Å². The molecule has 1 saturated heterocycles. The predicted octanol–water partition coefficient (Wildman–Crippen LogP) is -0.213. The summed E-state index contributed by atoms with van der Waals surface area (Å²) in [6.45, 7) is 5.84. The second-order valence-corrected chi connectivity index (χ2v) is 6.93. The molecule has 154 valence electrons. The summed E-state index contributed by atoms with van der Waals surface area (Å²) in [6.07, 6.45) is 0. The fourth-order valence-electron chi connectivity index (χ4n) is 2.44. The number of ether oxygens (including phenoxy) is 1. The highest BCUT2D eigenvalue weighted by molar-refractivity contribution is 7.13. The Morgan fingerprint density at radius 3 is 2.93 bits per heavy atom. The number of thiazole rings is 1. The Kier molecular flexibility index (Phi) is 5.97. The molecule has 29 heavy (non-hydrogen) atoms. The zero-order valence-electron chi connectivity index (χ0n) is 15.5. The van der Waals surface area contributed by atoms with Crippen LogP contribution in [0.5, 0.6) is 5.88 Å². The minimum absolute atomic E-state index is 0.00912. The van der Waals surface area contributed by atoms with Crippen molar-refractivity contribution in [3.8, 4) is 5.88 Å². The number of rotatable bonds is 9. The molecule has 0 aliphatic carbocycles. The molecule has 3 heterocycles. The van der Waals surface area contributed by atoms with Crippen LogP contribution in [0.2, 0.25) is 0 Å². The first-order valence-corrected chi connectivity index (χ1v) is 9.34. The maximum atomic E-state index is 12.6. The molecule has 0 unspecified atom stereocenters. The van der Waals surface area contributed by atoms with Gasteiger partial charge in [-0.25, -0.2) is 4.98 Å². The molecule has 12 nitrogen and oxygen atoms in total. The van der Waals surface area contributed by atoms with Crippen molar-refractivity contribution in [1.82, 2.24) is 20.8 Å². The summed E-state index contributed by atoms with van der Waals surface area (Å²) < 4.78 is 10.1. The van der Waals surface area contributed by atoms with Crippen LogP contribution in [0.4, 0.5) is 5.13 Å². The summed E-state index contributed by atoms with van der Waals surface area (Å²) in [7, 11) is 0. The number of nitrogens with one attached hydrogen (secondary N) is 3. The van der Waals surface area contributed by atoms with Crippen molar-refractivity contribution >= 4 is 33.9 Å². The second-order valence-electron chi connectivity index (χ2n) is 6.05. The normalized spacial score (nSPS) is 18.5. The molecule has 1 amide bonds. The second kappa shape index (κ2) is 8.60. The van der Waals surface area contributed by atoms with Gasteiger partial charge in [0, 0.05) is 17.1 Å². The molecular weight excluding hydrogens is 400 g/mol. The molecule has 1 fully saturated rings. The highest BCUT2D eigenvalue weighted by Crippen LogP contribution is 2.16. The molecule has 0 aromatic carbocycles. The third-order valence-electron chi connectivity index (χ3n) is 3.89. The number of amides is 1. The van der Waals surface area contributed by atoms with E-state index in [2.05, 4.69) is 32.5 Å². The lowest BCUT2D eigenvalue weighted by Gasteiger charge is -2.39. The molecule has 2 atom stereocenters. The van der Waals surface area contributed by atoms with Crippen LogP contribution >= 0.6 is 11.3 Å². The Balaban J connectivity index is 1.58. The smallest absolute Gasteiger partial charge is 0.276 e. The lowest BCUT2D eigenvalue weighted by molar-refractivity contribution is -0.115. The monoisotopic (exact) mass is 420 g/mol. The quantitative estimate of drug-likeness (QED) is 0.158. The van der Waals surface area contributed by atoms with Crippen molar-refractivity contribution in [2.75, 3.05) is 18.9 Å². The minimum Gasteiger partial charge on any atom is -0.472 e. The zero-order chi connectivity index (χ0) is 21.0. The van der Waals surface area contributed by atoms with Crippen LogP contribution in [-0.2, 0) is 9.63 Å². The van der Waals surface area contributed by atoms with Gasteiger partial charge in [-0.1, -0.05) is 11.7 Å². The lowest BCUT2D eigenvalue weighted by atomic mass is 9.98. The number of oxime groups is 1. The van der Waals surface area contributed by atoms with E-state index >= 15 is 0 Å². The van der Waals surface area contributed by atoms with Gasteiger partial charge in [-0.2, -0.15) is 0 Å². The predicted molar refractivity (Wildman–Crippen MR) is 106 cm³/mol. The van der Waals surface area contributed by atoms with E-state index in [0.29, 0.717) is 10.8 Å². The Morgan fingerprint density at radius 1 is 1.55 bits per heavy atom. The number of nitrogen functional groups attached to an aromatic ring is 2. The van der Waals surface area contributed by atoms with Crippen molar-refractivity contribution in [1.29, 1.82) is 5.41 Å². The average molecular weight is 420 g/mol. The summed E-state index contributed by atoms with van der Waals surface area (Å²) in [5, 5.41) is 22.6. The van der Waals surface area contributed by atoms with Gasteiger partial charge >= 0.3 is 0 Å². The minimum atomic E-state index is -0.460. The van der Waals surface area contributed by atoms with Crippen molar-refractivity contribution in [3.05, 3.63) is 35.2 Å². The zero-order valence-corrected chi connectivity index (χ0v) is 16.3. The summed E-state index contributed by atoms with van der Waals surface area (Å²) in [4.78, 5) is 21.9. The number of aromatic nitrogens is 2. The number of anilines is 1. The van der Waals surface area contributed by atoms with Crippen LogP contribution in [0.15, 0.2) is 33.4 Å². The SMILES string of the molecule is C=C1N[C@@H](C)[C@@H]1NC(=O)/C(=N\OCCOc1cc(C(=N)N)on1)c1csc(N)n1. The van der Waals surface area contributed by atoms with Crippen LogP contribution in [0, 0.1) is 5.41 Å². The fraction of sp³-hybridized carbons (Fsp3) is 0.312. The first-order valence-electron chi connectivity index (χ1n) is 8.46. The van der Waals surface area contributed by atoms with Gasteiger partial charge in [-0.3, -0.25) is 10.2 Å². The van der Waals surface area contributed by atoms with Gasteiger partial charge < -0.3 is 36.2 Å². The molecule has 2 aromatic heterocycles. The fourth-order valence-corrected chi connectivity index (χ4v) is 2.99. The van der Waals surface area contributed by atoms with E-state index in [-0.39, 0.29) is 48.5 Å². The van der Waals surface area contributed by atoms with Crippen molar-refractivity contribution < 1.29 is 18.9 Å². The lowest BCUT2D eigenvalue weighted by Crippen LogP contribution is -2.61. The topological polar surface area (TPSA) is 187 Å². The summed E-state index contributed by atoms with van der Waals surface area (Å²) in [5.41, 5.74) is 12.0. The number of hydrogen-bond donors (Lipinski definition) is 5. The molecule has 1 aliphatic heterocycles. The van der Waals surface area contributed by atoms with E-state index in [0.717, 1.165) is 5.70 Å². The third kappa shape index (κ3) is 4.82. The Hall–Kier alpha value is -3.61. The summed E-state index contributed by atoms with van der Waals surface area (Å²) >= 11 is 1.18. The maximum absolute atomic E-state index is 12.6. The van der Waals surface area contributed by atoms with Gasteiger partial charge in [0.25, 0.3) is 11.8 Å². The summed E-state index contributed by atoms with van der Waals surface area (Å²) in [5.74, 6) is -0.471. The molecule has 1 aliphatic rings.